The highest BCUT2D eigenvalue weighted by Crippen LogP contribution is 2.31. The van der Waals surface area contributed by atoms with Crippen LogP contribution in [0.2, 0.25) is 10.0 Å². The third-order valence-corrected chi connectivity index (χ3v) is 8.21. The molecule has 4 heterocycles. The van der Waals surface area contributed by atoms with Gasteiger partial charge in [-0.05, 0) is 68.0 Å². The monoisotopic (exact) mass is 998 g/mol. The Balaban J connectivity index is -0.00000118. The number of hydrogen-bond acceptors (Lipinski definition) is 10. The van der Waals surface area contributed by atoms with Gasteiger partial charge in [0.05, 0.1) is 11.0 Å². The summed E-state index contributed by atoms with van der Waals surface area (Å²) in [6.07, 6.45) is 5.01. The molecule has 0 atom stereocenters. The Morgan fingerprint density at radius 2 is 0.721 bits per heavy atom. The minimum absolute atomic E-state index is 0. The second-order valence-corrected chi connectivity index (χ2v) is 17.0. The Bertz CT molecular complexity index is 1860. The van der Waals surface area contributed by atoms with Crippen LogP contribution in [0.4, 0.5) is 11.4 Å². The second kappa shape index (κ2) is 28.4. The molecule has 0 aliphatic carbocycles. The summed E-state index contributed by atoms with van der Waals surface area (Å²) in [5, 5.41) is 3.84. The second-order valence-electron chi connectivity index (χ2n) is 12.0. The number of anilines is 2. The first-order valence-electron chi connectivity index (χ1n) is 16.3. The molecule has 6 rings (SSSR count). The van der Waals surface area contributed by atoms with Crippen LogP contribution >= 0.6 is 54.5 Å². The summed E-state index contributed by atoms with van der Waals surface area (Å²) in [5.41, 5.74) is 4.47. The summed E-state index contributed by atoms with van der Waals surface area (Å²) in [7, 11) is -18.6. The first-order valence-corrected chi connectivity index (χ1v) is 23.3. The zero-order valence-corrected chi connectivity index (χ0v) is 36.9. The average molecular weight is 1000 g/mol. The quantitative estimate of drug-likeness (QED) is 0.0969. The number of pyridine rings is 2. The summed E-state index contributed by atoms with van der Waals surface area (Å²) in [6, 6.07) is 16.3. The summed E-state index contributed by atoms with van der Waals surface area (Å²) in [4.78, 5) is 105. The van der Waals surface area contributed by atoms with Gasteiger partial charge in [-0.15, -0.1) is 0 Å². The van der Waals surface area contributed by atoms with Crippen LogP contribution in [0, 0.1) is 0 Å². The molecule has 2 aliphatic heterocycles. The number of aromatic nitrogens is 2. The van der Waals surface area contributed by atoms with Crippen LogP contribution in [0.15, 0.2) is 60.9 Å². The van der Waals surface area contributed by atoms with E-state index >= 15 is 0 Å². The number of benzene rings is 2. The molecule has 0 radical (unpaired) electrons. The molecule has 2 fully saturated rings. The van der Waals surface area contributed by atoms with E-state index in [4.69, 9.17) is 100 Å². The molecule has 26 nitrogen and oxygen atoms in total. The predicted octanol–water partition coefficient (Wildman–Crippen LogP) is -1.59. The van der Waals surface area contributed by atoms with Crippen molar-refractivity contribution in [2.75, 3.05) is 75.2 Å². The molecular formula is C29H52Cl2N6O20P4. The number of phosphoric acid groups is 4. The number of halogens is 2. The minimum atomic E-state index is -4.64. The van der Waals surface area contributed by atoms with Gasteiger partial charge in [-0.1, -0.05) is 23.2 Å². The Morgan fingerprint density at radius 3 is 0.984 bits per heavy atom. The Kier molecular flexibility index (Phi) is 29.3. The maximum Gasteiger partial charge on any atom is 0.466 e. The van der Waals surface area contributed by atoms with Gasteiger partial charge < -0.3 is 90.4 Å². The van der Waals surface area contributed by atoms with E-state index in [1.807, 2.05) is 36.7 Å². The molecule has 61 heavy (non-hydrogen) atoms. The lowest BCUT2D eigenvalue weighted by atomic mass is 10.1. The Labute approximate surface area is 358 Å². The number of rotatable bonds is 6. The van der Waals surface area contributed by atoms with Crippen molar-refractivity contribution in [2.45, 2.75) is 6.42 Å². The highest BCUT2D eigenvalue weighted by atomic mass is 35.5. The summed E-state index contributed by atoms with van der Waals surface area (Å²) >= 11 is 12.3. The fourth-order valence-electron chi connectivity index (χ4n) is 5.71. The third kappa shape index (κ3) is 29.6. The molecule has 0 unspecified atom stereocenters. The molecule has 20 N–H and O–H groups in total. The van der Waals surface area contributed by atoms with Crippen LogP contribution in [-0.4, -0.2) is 166 Å². The average Bonchev–Trinajstić information content (AvgIpc) is 3.05. The maximum atomic E-state index is 8.88. The maximum absolute atomic E-state index is 8.88. The van der Waals surface area contributed by atoms with Gasteiger partial charge in [0.2, 0.25) is 0 Å². The third-order valence-electron chi connectivity index (χ3n) is 7.74. The van der Waals surface area contributed by atoms with Crippen molar-refractivity contribution in [1.82, 2.24) is 19.8 Å². The summed E-state index contributed by atoms with van der Waals surface area (Å²) in [6.45, 7) is 10.9. The molecule has 352 valence electrons. The van der Waals surface area contributed by atoms with E-state index in [0.29, 0.717) is 0 Å². The highest BCUT2D eigenvalue weighted by molar-refractivity contribution is 7.45. The van der Waals surface area contributed by atoms with Gasteiger partial charge in [0.25, 0.3) is 0 Å². The summed E-state index contributed by atoms with van der Waals surface area (Å²) < 4.78 is 35.5. The first-order chi connectivity index (χ1) is 26.1. The van der Waals surface area contributed by atoms with E-state index in [9.17, 15) is 0 Å². The molecule has 2 saturated heterocycles. The van der Waals surface area contributed by atoms with Crippen LogP contribution in [-0.2, 0) is 18.3 Å². The topological polar surface area (TPSA) is 476 Å². The molecular weight excluding hydrogens is 947 g/mol. The van der Waals surface area contributed by atoms with E-state index in [0.717, 1.165) is 86.5 Å². The molecule has 0 spiro atoms. The smallest absolute Gasteiger partial charge is 0.412 e. The highest BCUT2D eigenvalue weighted by Gasteiger charge is 2.21. The molecule has 32 heteroatoms. The number of hydrogen-bond donors (Lipinski definition) is 12. The molecule has 0 saturated carbocycles. The van der Waals surface area contributed by atoms with Crippen molar-refractivity contribution >= 4 is 87.7 Å². The standard InChI is InChI=1S/C29H32Cl2N6.4H3O4P.4H2O/c30-22-2-4-24-26(20-22)32-8-6-28(24)36-16-12-34(13-17-36)10-1-11-35-14-18-37(19-15-35)29-7-9-33-27-21-23(31)3-5-25(27)29;4*1-5(2,3)4;;;;/h2-9,20-21H,1,10-19H2;4*(H3,1,2,3,4);4*1H2. The van der Waals surface area contributed by atoms with E-state index < -0.39 is 31.3 Å². The van der Waals surface area contributed by atoms with Crippen molar-refractivity contribution in [3.8, 4) is 0 Å². The Morgan fingerprint density at radius 1 is 0.459 bits per heavy atom. The molecule has 2 aromatic carbocycles. The molecule has 4 aromatic rings. The molecule has 2 aliphatic rings. The summed E-state index contributed by atoms with van der Waals surface area (Å²) in [5.74, 6) is 0. The fourth-order valence-corrected chi connectivity index (χ4v) is 6.04. The van der Waals surface area contributed by atoms with Crippen LogP contribution < -0.4 is 9.80 Å². The number of piperazine rings is 2. The first kappa shape index (κ1) is 62.9. The Hall–Kier alpha value is -2.36. The van der Waals surface area contributed by atoms with Gasteiger partial charge in [-0.3, -0.25) is 19.8 Å². The largest absolute Gasteiger partial charge is 0.466 e. The van der Waals surface area contributed by atoms with Gasteiger partial charge in [0.1, 0.15) is 0 Å². The van der Waals surface area contributed by atoms with Crippen molar-refractivity contribution < 1.29 is 98.9 Å². The van der Waals surface area contributed by atoms with E-state index in [2.05, 4.69) is 53.8 Å². The van der Waals surface area contributed by atoms with Crippen molar-refractivity contribution in [3.63, 3.8) is 0 Å². The minimum Gasteiger partial charge on any atom is -0.412 e. The van der Waals surface area contributed by atoms with Gasteiger partial charge in [-0.25, -0.2) is 18.3 Å². The van der Waals surface area contributed by atoms with Gasteiger partial charge in [0.15, 0.2) is 0 Å². The predicted molar refractivity (Wildman–Crippen MR) is 227 cm³/mol. The SMILES string of the molecule is Clc1ccc2c(N3CCN(CCCN4CCN(c5ccnc6cc(Cl)ccc56)CC4)CC3)ccnc2c1.O.O.O.O.O=P(O)(O)O.O=P(O)(O)O.O=P(O)(O)O.O=P(O)(O)O. The van der Waals surface area contributed by atoms with E-state index in [-0.39, 0.29) is 21.9 Å². The fraction of sp³-hybridized carbons (Fsp3) is 0.379. The van der Waals surface area contributed by atoms with Crippen LogP contribution in [0.25, 0.3) is 21.8 Å². The lowest BCUT2D eigenvalue weighted by molar-refractivity contribution is 0.213. The van der Waals surface area contributed by atoms with Gasteiger partial charge in [-0.2, -0.15) is 0 Å². The molecule has 0 bridgehead atoms. The van der Waals surface area contributed by atoms with Gasteiger partial charge in [0, 0.05) is 96.9 Å². The number of nitrogens with zero attached hydrogens (tertiary/aromatic N) is 6. The zero-order valence-electron chi connectivity index (χ0n) is 31.8. The van der Waals surface area contributed by atoms with Crippen molar-refractivity contribution in [1.29, 1.82) is 0 Å². The molecule has 2 aromatic heterocycles. The van der Waals surface area contributed by atoms with Crippen molar-refractivity contribution in [3.05, 3.63) is 71.0 Å². The van der Waals surface area contributed by atoms with Crippen molar-refractivity contribution in [2.24, 2.45) is 0 Å². The lowest BCUT2D eigenvalue weighted by Crippen LogP contribution is -2.48. The zero-order chi connectivity index (χ0) is 43.2. The number of fused-ring (bicyclic) bond motifs is 2. The van der Waals surface area contributed by atoms with Crippen LogP contribution in [0.1, 0.15) is 6.42 Å². The van der Waals surface area contributed by atoms with Crippen LogP contribution in [0.3, 0.4) is 0 Å². The molecule has 0 amide bonds. The lowest BCUT2D eigenvalue weighted by Gasteiger charge is -2.38. The van der Waals surface area contributed by atoms with E-state index in [1.54, 1.807) is 0 Å². The van der Waals surface area contributed by atoms with Crippen LogP contribution in [0.5, 0.6) is 0 Å². The van der Waals surface area contributed by atoms with E-state index in [1.165, 1.54) is 28.6 Å². The normalized spacial score (nSPS) is 14.6. The van der Waals surface area contributed by atoms with Gasteiger partial charge >= 0.3 is 31.3 Å².